The smallest absolute Gasteiger partial charge is 0.148 e. The fourth-order valence-electron chi connectivity index (χ4n) is 3.92. The van der Waals surface area contributed by atoms with Gasteiger partial charge in [-0.2, -0.15) is 0 Å². The van der Waals surface area contributed by atoms with Crippen molar-refractivity contribution in [3.8, 4) is 0 Å². The van der Waals surface area contributed by atoms with Gasteiger partial charge in [-0.15, -0.1) is 0 Å². The van der Waals surface area contributed by atoms with Gasteiger partial charge in [0.2, 0.25) is 0 Å². The normalized spacial score (nSPS) is 16.6. The van der Waals surface area contributed by atoms with E-state index in [-0.39, 0.29) is 0 Å². The third-order valence-electron chi connectivity index (χ3n) is 5.56. The lowest BCUT2D eigenvalue weighted by Gasteiger charge is -2.32. The third kappa shape index (κ3) is 3.40. The average molecular weight is 398 g/mol. The highest BCUT2D eigenvalue weighted by Gasteiger charge is 2.22. The van der Waals surface area contributed by atoms with E-state index in [9.17, 15) is 0 Å². The van der Waals surface area contributed by atoms with Crippen molar-refractivity contribution in [2.45, 2.75) is 39.2 Å². The van der Waals surface area contributed by atoms with Gasteiger partial charge >= 0.3 is 0 Å². The van der Waals surface area contributed by atoms with Gasteiger partial charge in [0.25, 0.3) is 0 Å². The summed E-state index contributed by atoms with van der Waals surface area (Å²) < 4.78 is 6.99. The van der Waals surface area contributed by atoms with E-state index < -0.39 is 0 Å². The molecule has 25 heavy (non-hydrogen) atoms. The van der Waals surface area contributed by atoms with Crippen LogP contribution in [0.3, 0.4) is 0 Å². The van der Waals surface area contributed by atoms with Gasteiger partial charge in [-0.05, 0) is 90.4 Å². The maximum Gasteiger partial charge on any atom is 0.148 e. The minimum absolute atomic E-state index is 0.641. The monoisotopic (exact) mass is 397 g/mol. The number of piperidine rings is 1. The molecule has 0 aliphatic carbocycles. The molecule has 0 amide bonds. The topological polar surface area (TPSA) is 16.4 Å². The van der Waals surface area contributed by atoms with E-state index >= 15 is 0 Å². The number of fused-ring (bicyclic) bond motifs is 1. The SMILES string of the molecule is Cc1oc2c(Br)cc(C3CCN(Cc4ccccc4)CC3)cc2c1C. The molecule has 0 saturated carbocycles. The van der Waals surface area contributed by atoms with Crippen molar-refractivity contribution in [1.82, 2.24) is 4.90 Å². The molecule has 0 radical (unpaired) electrons. The lowest BCUT2D eigenvalue weighted by Crippen LogP contribution is -2.32. The van der Waals surface area contributed by atoms with Crippen LogP contribution < -0.4 is 0 Å². The Labute approximate surface area is 158 Å². The van der Waals surface area contributed by atoms with Gasteiger partial charge in [0, 0.05) is 11.9 Å². The van der Waals surface area contributed by atoms with Crippen LogP contribution in [-0.4, -0.2) is 18.0 Å². The first-order valence-electron chi connectivity index (χ1n) is 9.07. The Kier molecular flexibility index (Phi) is 4.70. The lowest BCUT2D eigenvalue weighted by atomic mass is 9.88. The summed E-state index contributed by atoms with van der Waals surface area (Å²) in [6.07, 6.45) is 2.45. The second-order valence-corrected chi connectivity index (χ2v) is 8.05. The van der Waals surface area contributed by atoms with Crippen LogP contribution in [0.15, 0.2) is 51.4 Å². The zero-order valence-electron chi connectivity index (χ0n) is 14.9. The van der Waals surface area contributed by atoms with Crippen LogP contribution in [0.1, 0.15) is 41.2 Å². The highest BCUT2D eigenvalue weighted by atomic mass is 79.9. The molecule has 1 saturated heterocycles. The summed E-state index contributed by atoms with van der Waals surface area (Å²) in [7, 11) is 0. The molecule has 0 spiro atoms. The summed E-state index contributed by atoms with van der Waals surface area (Å²) in [5, 5.41) is 1.26. The van der Waals surface area contributed by atoms with Gasteiger partial charge in [-0.3, -0.25) is 4.90 Å². The van der Waals surface area contributed by atoms with Gasteiger partial charge in [-0.25, -0.2) is 0 Å². The van der Waals surface area contributed by atoms with Crippen LogP contribution in [0, 0.1) is 13.8 Å². The number of hydrogen-bond acceptors (Lipinski definition) is 2. The van der Waals surface area contributed by atoms with E-state index in [4.69, 9.17) is 4.42 Å². The number of nitrogens with zero attached hydrogens (tertiary/aromatic N) is 1. The molecule has 0 bridgehead atoms. The first kappa shape index (κ1) is 16.9. The summed E-state index contributed by atoms with van der Waals surface area (Å²) in [6, 6.07) is 15.4. The van der Waals surface area contributed by atoms with Crippen molar-refractivity contribution < 1.29 is 4.42 Å². The molecule has 1 aliphatic rings. The van der Waals surface area contributed by atoms with Crippen LogP contribution in [-0.2, 0) is 6.54 Å². The van der Waals surface area contributed by atoms with Gasteiger partial charge in [0.1, 0.15) is 11.3 Å². The molecule has 0 atom stereocenters. The van der Waals surface area contributed by atoms with Gasteiger partial charge < -0.3 is 4.42 Å². The van der Waals surface area contributed by atoms with Crippen LogP contribution in [0.5, 0.6) is 0 Å². The Morgan fingerprint density at radius 1 is 1.08 bits per heavy atom. The molecule has 2 heterocycles. The summed E-state index contributed by atoms with van der Waals surface area (Å²) >= 11 is 3.71. The Balaban J connectivity index is 1.49. The maximum absolute atomic E-state index is 5.90. The predicted molar refractivity (Wildman–Crippen MR) is 107 cm³/mol. The van der Waals surface area contributed by atoms with E-state index in [0.29, 0.717) is 5.92 Å². The molecule has 2 aromatic carbocycles. The van der Waals surface area contributed by atoms with Crippen LogP contribution in [0.25, 0.3) is 11.0 Å². The summed E-state index contributed by atoms with van der Waals surface area (Å²) in [5.41, 5.74) is 5.11. The van der Waals surface area contributed by atoms with Crippen LogP contribution in [0.2, 0.25) is 0 Å². The van der Waals surface area contributed by atoms with E-state index in [2.05, 4.69) is 70.2 Å². The second kappa shape index (κ2) is 6.97. The van der Waals surface area contributed by atoms with Crippen molar-refractivity contribution in [3.63, 3.8) is 0 Å². The summed E-state index contributed by atoms with van der Waals surface area (Å²) in [5.74, 6) is 1.66. The molecule has 4 rings (SSSR count). The number of aryl methyl sites for hydroxylation is 2. The molecule has 3 heteroatoms. The van der Waals surface area contributed by atoms with Crippen molar-refractivity contribution >= 4 is 26.9 Å². The fourth-order valence-corrected chi connectivity index (χ4v) is 4.48. The lowest BCUT2D eigenvalue weighted by molar-refractivity contribution is 0.204. The minimum atomic E-state index is 0.641. The molecule has 2 nitrogen and oxygen atoms in total. The van der Waals surface area contributed by atoms with E-state index in [0.717, 1.165) is 22.4 Å². The molecule has 0 N–H and O–H groups in total. The molecular formula is C22H24BrNO. The minimum Gasteiger partial charge on any atom is -0.460 e. The third-order valence-corrected chi connectivity index (χ3v) is 6.15. The highest BCUT2D eigenvalue weighted by molar-refractivity contribution is 9.10. The maximum atomic E-state index is 5.90. The molecule has 130 valence electrons. The van der Waals surface area contributed by atoms with Crippen LogP contribution in [0.4, 0.5) is 0 Å². The number of rotatable bonds is 3. The number of hydrogen-bond donors (Lipinski definition) is 0. The highest BCUT2D eigenvalue weighted by Crippen LogP contribution is 2.37. The predicted octanol–water partition coefficient (Wildman–Crippen LogP) is 6.19. The second-order valence-electron chi connectivity index (χ2n) is 7.20. The van der Waals surface area contributed by atoms with E-state index in [1.54, 1.807) is 0 Å². The van der Waals surface area contributed by atoms with Crippen molar-refractivity contribution in [1.29, 1.82) is 0 Å². The van der Waals surface area contributed by atoms with Crippen molar-refractivity contribution in [2.75, 3.05) is 13.1 Å². The van der Waals surface area contributed by atoms with Gasteiger partial charge in [0.05, 0.1) is 4.47 Å². The Morgan fingerprint density at radius 3 is 2.52 bits per heavy atom. The first-order chi connectivity index (χ1) is 12.1. The zero-order valence-corrected chi connectivity index (χ0v) is 16.5. The molecular weight excluding hydrogens is 374 g/mol. The zero-order chi connectivity index (χ0) is 17.4. The molecule has 1 fully saturated rings. The summed E-state index contributed by atoms with van der Waals surface area (Å²) in [4.78, 5) is 2.58. The quantitative estimate of drug-likeness (QED) is 0.523. The average Bonchev–Trinajstić information content (AvgIpc) is 2.92. The van der Waals surface area contributed by atoms with E-state index in [1.807, 2.05) is 6.92 Å². The Morgan fingerprint density at radius 2 is 1.80 bits per heavy atom. The first-order valence-corrected chi connectivity index (χ1v) is 9.86. The van der Waals surface area contributed by atoms with Crippen LogP contribution >= 0.6 is 15.9 Å². The molecule has 1 aromatic heterocycles. The van der Waals surface area contributed by atoms with Crippen molar-refractivity contribution in [2.24, 2.45) is 0 Å². The number of benzene rings is 2. The molecule has 1 aliphatic heterocycles. The Hall–Kier alpha value is -1.58. The van der Waals surface area contributed by atoms with Gasteiger partial charge in [-0.1, -0.05) is 30.3 Å². The number of furan rings is 1. The Bertz CT molecular complexity index is 876. The number of halogens is 1. The molecule has 0 unspecified atom stereocenters. The summed E-state index contributed by atoms with van der Waals surface area (Å²) in [6.45, 7) is 7.59. The largest absolute Gasteiger partial charge is 0.460 e. The standard InChI is InChI=1S/C22H24BrNO/c1-15-16(2)25-22-20(15)12-19(13-21(22)23)18-8-10-24(11-9-18)14-17-6-4-3-5-7-17/h3-7,12-13,18H,8-11,14H2,1-2H3. The van der Waals surface area contributed by atoms with Crippen molar-refractivity contribution in [3.05, 3.63) is 69.4 Å². The fraction of sp³-hybridized carbons (Fsp3) is 0.364. The number of likely N-dealkylation sites (tertiary alicyclic amines) is 1. The molecule has 3 aromatic rings. The van der Waals surface area contributed by atoms with Gasteiger partial charge in [0.15, 0.2) is 0 Å². The van der Waals surface area contributed by atoms with E-state index in [1.165, 1.54) is 48.0 Å².